The number of hydrogen-bond donors (Lipinski definition) is 0. The van der Waals surface area contributed by atoms with Crippen molar-refractivity contribution in [2.24, 2.45) is 0 Å². The molecule has 0 fully saturated rings. The van der Waals surface area contributed by atoms with Crippen molar-refractivity contribution < 1.29 is 8.78 Å². The number of aryl methyl sites for hydroxylation is 1. The Morgan fingerprint density at radius 1 is 1.05 bits per heavy atom. The molecule has 0 unspecified atom stereocenters. The van der Waals surface area contributed by atoms with Gasteiger partial charge >= 0.3 is 0 Å². The standard InChI is InChI=1S/C16H14F2N4/c1-11-8-15(9-12-2-4-13(18)5-3-12)20-16(19-11)22-7-6-14(10-17)21-22/h2-8H,9-10H2,1H3. The van der Waals surface area contributed by atoms with Crippen molar-refractivity contribution in [2.45, 2.75) is 20.0 Å². The van der Waals surface area contributed by atoms with Crippen molar-refractivity contribution >= 4 is 0 Å². The zero-order chi connectivity index (χ0) is 15.5. The predicted molar refractivity (Wildman–Crippen MR) is 77.9 cm³/mol. The first-order chi connectivity index (χ1) is 10.6. The highest BCUT2D eigenvalue weighted by atomic mass is 19.1. The molecule has 1 aromatic carbocycles. The Balaban J connectivity index is 1.90. The molecule has 4 nitrogen and oxygen atoms in total. The first-order valence-electron chi connectivity index (χ1n) is 6.84. The highest BCUT2D eigenvalue weighted by Gasteiger charge is 2.07. The molecule has 0 N–H and O–H groups in total. The summed E-state index contributed by atoms with van der Waals surface area (Å²) in [6.07, 6.45) is 2.19. The third-order valence-corrected chi connectivity index (χ3v) is 3.18. The van der Waals surface area contributed by atoms with Gasteiger partial charge in [0.1, 0.15) is 12.5 Å². The summed E-state index contributed by atoms with van der Waals surface area (Å²) in [4.78, 5) is 8.76. The van der Waals surface area contributed by atoms with Crippen molar-refractivity contribution in [1.29, 1.82) is 0 Å². The molecule has 2 aromatic heterocycles. The molecule has 0 aliphatic heterocycles. The summed E-state index contributed by atoms with van der Waals surface area (Å²) in [5.41, 5.74) is 2.88. The van der Waals surface area contributed by atoms with Crippen molar-refractivity contribution in [1.82, 2.24) is 19.7 Å². The van der Waals surface area contributed by atoms with E-state index in [2.05, 4.69) is 15.1 Å². The number of nitrogens with zero attached hydrogens (tertiary/aromatic N) is 4. The van der Waals surface area contributed by atoms with Crippen LogP contribution in [0.3, 0.4) is 0 Å². The molecule has 0 atom stereocenters. The molecular formula is C16H14F2N4. The van der Waals surface area contributed by atoms with Crippen LogP contribution in [-0.4, -0.2) is 19.7 Å². The number of benzene rings is 1. The number of hydrogen-bond acceptors (Lipinski definition) is 3. The van der Waals surface area contributed by atoms with Crippen LogP contribution in [0.15, 0.2) is 42.6 Å². The summed E-state index contributed by atoms with van der Waals surface area (Å²) < 4.78 is 27.0. The zero-order valence-electron chi connectivity index (χ0n) is 12.0. The van der Waals surface area contributed by atoms with Gasteiger partial charge in [0.2, 0.25) is 0 Å². The molecule has 0 radical (unpaired) electrons. The molecule has 0 bridgehead atoms. The van der Waals surface area contributed by atoms with Crippen molar-refractivity contribution in [3.63, 3.8) is 0 Å². The molecule has 0 spiro atoms. The lowest BCUT2D eigenvalue weighted by atomic mass is 10.1. The third kappa shape index (κ3) is 3.16. The maximum Gasteiger partial charge on any atom is 0.250 e. The largest absolute Gasteiger partial charge is 0.250 e. The van der Waals surface area contributed by atoms with Crippen LogP contribution < -0.4 is 0 Å². The van der Waals surface area contributed by atoms with E-state index in [4.69, 9.17) is 0 Å². The summed E-state index contributed by atoms with van der Waals surface area (Å²) in [7, 11) is 0. The maximum atomic E-state index is 12.9. The van der Waals surface area contributed by atoms with Gasteiger partial charge in [-0.1, -0.05) is 12.1 Å². The van der Waals surface area contributed by atoms with Crippen LogP contribution in [0.5, 0.6) is 0 Å². The van der Waals surface area contributed by atoms with Gasteiger partial charge in [-0.2, -0.15) is 5.10 Å². The molecule has 22 heavy (non-hydrogen) atoms. The van der Waals surface area contributed by atoms with Crippen LogP contribution in [0.4, 0.5) is 8.78 Å². The van der Waals surface area contributed by atoms with E-state index >= 15 is 0 Å². The topological polar surface area (TPSA) is 43.6 Å². The normalized spacial score (nSPS) is 10.9. The molecular weight excluding hydrogens is 286 g/mol. The molecule has 0 aliphatic rings. The van der Waals surface area contributed by atoms with Crippen LogP contribution in [0.2, 0.25) is 0 Å². The van der Waals surface area contributed by atoms with E-state index < -0.39 is 6.67 Å². The van der Waals surface area contributed by atoms with E-state index in [1.54, 1.807) is 24.4 Å². The van der Waals surface area contributed by atoms with E-state index in [1.807, 2.05) is 13.0 Å². The lowest BCUT2D eigenvalue weighted by Crippen LogP contribution is -2.06. The molecule has 112 valence electrons. The molecule has 2 heterocycles. The van der Waals surface area contributed by atoms with Gasteiger partial charge < -0.3 is 0 Å². The second-order valence-corrected chi connectivity index (χ2v) is 4.99. The summed E-state index contributed by atoms with van der Waals surface area (Å²) >= 11 is 0. The van der Waals surface area contributed by atoms with Gasteiger partial charge in [-0.05, 0) is 36.8 Å². The molecule has 0 saturated heterocycles. The Hall–Kier alpha value is -2.63. The van der Waals surface area contributed by atoms with Crippen molar-refractivity contribution in [3.05, 3.63) is 71.1 Å². The zero-order valence-corrected chi connectivity index (χ0v) is 12.0. The third-order valence-electron chi connectivity index (χ3n) is 3.18. The van der Waals surface area contributed by atoms with Gasteiger partial charge in [0, 0.05) is 18.3 Å². The lowest BCUT2D eigenvalue weighted by Gasteiger charge is -2.06. The lowest BCUT2D eigenvalue weighted by molar-refractivity contribution is 0.473. The fourth-order valence-corrected chi connectivity index (χ4v) is 2.17. The Morgan fingerprint density at radius 3 is 2.50 bits per heavy atom. The van der Waals surface area contributed by atoms with Crippen molar-refractivity contribution in [2.75, 3.05) is 0 Å². The number of alkyl halides is 1. The Kier molecular flexibility index (Phi) is 3.91. The van der Waals surface area contributed by atoms with E-state index in [9.17, 15) is 8.78 Å². The summed E-state index contributed by atoms with van der Waals surface area (Å²) in [5.74, 6) is 0.135. The van der Waals surface area contributed by atoms with E-state index in [0.717, 1.165) is 17.0 Å². The van der Waals surface area contributed by atoms with Crippen LogP contribution >= 0.6 is 0 Å². The molecule has 0 saturated carbocycles. The van der Waals surface area contributed by atoms with Gasteiger partial charge in [-0.25, -0.2) is 23.4 Å². The fourth-order valence-electron chi connectivity index (χ4n) is 2.17. The summed E-state index contributed by atoms with van der Waals surface area (Å²) in [6, 6.07) is 9.75. The number of aromatic nitrogens is 4. The number of halogens is 2. The van der Waals surface area contributed by atoms with E-state index in [-0.39, 0.29) is 5.82 Å². The second-order valence-electron chi connectivity index (χ2n) is 4.99. The molecule has 0 aliphatic carbocycles. The minimum absolute atomic E-state index is 0.265. The quantitative estimate of drug-likeness (QED) is 0.743. The monoisotopic (exact) mass is 300 g/mol. The van der Waals surface area contributed by atoms with Crippen LogP contribution in [0.25, 0.3) is 5.95 Å². The van der Waals surface area contributed by atoms with E-state index in [0.29, 0.717) is 18.1 Å². The maximum absolute atomic E-state index is 12.9. The van der Waals surface area contributed by atoms with Crippen molar-refractivity contribution in [3.8, 4) is 5.95 Å². The average molecular weight is 300 g/mol. The summed E-state index contributed by atoms with van der Waals surface area (Å²) in [6.45, 7) is 1.24. The molecule has 3 rings (SSSR count). The van der Waals surface area contributed by atoms with Gasteiger partial charge in [-0.3, -0.25) is 0 Å². The first-order valence-corrected chi connectivity index (χ1v) is 6.84. The van der Waals surface area contributed by atoms with Gasteiger partial charge in [0.15, 0.2) is 0 Å². The number of rotatable bonds is 4. The predicted octanol–water partition coefficient (Wildman–Crippen LogP) is 3.17. The highest BCUT2D eigenvalue weighted by Crippen LogP contribution is 2.12. The highest BCUT2D eigenvalue weighted by molar-refractivity contribution is 5.26. The minimum atomic E-state index is -0.624. The Morgan fingerprint density at radius 2 is 1.82 bits per heavy atom. The molecule has 0 amide bonds. The average Bonchev–Trinajstić information content (AvgIpc) is 2.98. The van der Waals surface area contributed by atoms with E-state index in [1.165, 1.54) is 16.8 Å². The minimum Gasteiger partial charge on any atom is -0.244 e. The summed E-state index contributed by atoms with van der Waals surface area (Å²) in [5, 5.41) is 4.07. The molecule has 3 aromatic rings. The Bertz CT molecular complexity index is 781. The Labute approximate surface area is 126 Å². The van der Waals surface area contributed by atoms with Gasteiger partial charge in [-0.15, -0.1) is 0 Å². The van der Waals surface area contributed by atoms with Crippen LogP contribution in [0, 0.1) is 12.7 Å². The second kappa shape index (κ2) is 6.01. The van der Waals surface area contributed by atoms with Crippen LogP contribution in [-0.2, 0) is 13.1 Å². The fraction of sp³-hybridized carbons (Fsp3) is 0.188. The molecule has 6 heteroatoms. The first kappa shape index (κ1) is 14.3. The van der Waals surface area contributed by atoms with Gasteiger partial charge in [0.05, 0.1) is 11.4 Å². The SMILES string of the molecule is Cc1cc(Cc2ccc(F)cc2)nc(-n2ccc(CF)n2)n1. The smallest absolute Gasteiger partial charge is 0.244 e. The van der Waals surface area contributed by atoms with Crippen LogP contribution in [0.1, 0.15) is 22.6 Å². The van der Waals surface area contributed by atoms with Gasteiger partial charge in [0.25, 0.3) is 5.95 Å².